The number of rotatable bonds is 6. The van der Waals surface area contributed by atoms with Gasteiger partial charge in [0.25, 0.3) is 0 Å². The van der Waals surface area contributed by atoms with Crippen LogP contribution in [0.25, 0.3) is 11.3 Å². The first-order valence-corrected chi connectivity index (χ1v) is 8.73. The Hall–Kier alpha value is -2.14. The first-order valence-electron chi connectivity index (χ1n) is 8.73. The van der Waals surface area contributed by atoms with Gasteiger partial charge >= 0.3 is 0 Å². The van der Waals surface area contributed by atoms with Gasteiger partial charge < -0.3 is 15.1 Å². The summed E-state index contributed by atoms with van der Waals surface area (Å²) in [5.41, 5.74) is 1.02. The maximum Gasteiger partial charge on any atom is 0.220 e. The number of hydrogen-bond donors (Lipinski definition) is 2. The minimum absolute atomic E-state index is 0.129. The second kappa shape index (κ2) is 8.11. The van der Waals surface area contributed by atoms with E-state index < -0.39 is 0 Å². The topological polar surface area (TPSA) is 67.2 Å². The van der Waals surface area contributed by atoms with Gasteiger partial charge in [-0.3, -0.25) is 4.79 Å². The van der Waals surface area contributed by atoms with Gasteiger partial charge in [0, 0.05) is 30.5 Å². The van der Waals surface area contributed by atoms with E-state index >= 15 is 0 Å². The number of nitrogens with one attached hydrogen (secondary N) is 2. The van der Waals surface area contributed by atoms with Crippen molar-refractivity contribution in [3.05, 3.63) is 42.4 Å². The molecular formula is C19H25N3O2. The SMILES string of the molecule is CC1CC(NC(=O)CCCc2ncc(-c3ccccc3)o2)CCN1. The van der Waals surface area contributed by atoms with Crippen molar-refractivity contribution in [3.8, 4) is 11.3 Å². The number of aryl methyl sites for hydroxylation is 1. The number of hydrogen-bond acceptors (Lipinski definition) is 4. The first-order chi connectivity index (χ1) is 11.7. The average Bonchev–Trinajstić information content (AvgIpc) is 3.04. The molecule has 2 unspecified atom stereocenters. The zero-order chi connectivity index (χ0) is 16.8. The lowest BCUT2D eigenvalue weighted by atomic mass is 10.0. The number of carbonyl (C=O) groups is 1. The summed E-state index contributed by atoms with van der Waals surface area (Å²) in [4.78, 5) is 16.4. The van der Waals surface area contributed by atoms with Crippen molar-refractivity contribution >= 4 is 5.91 Å². The molecule has 2 aromatic rings. The summed E-state index contributed by atoms with van der Waals surface area (Å²) >= 11 is 0. The molecule has 0 bridgehead atoms. The summed E-state index contributed by atoms with van der Waals surface area (Å²) < 4.78 is 5.76. The van der Waals surface area contributed by atoms with Crippen LogP contribution in [0.15, 0.2) is 40.9 Å². The van der Waals surface area contributed by atoms with Crippen molar-refractivity contribution in [2.45, 2.75) is 51.1 Å². The van der Waals surface area contributed by atoms with E-state index in [1.807, 2.05) is 30.3 Å². The summed E-state index contributed by atoms with van der Waals surface area (Å²) in [7, 11) is 0. The number of nitrogens with zero attached hydrogens (tertiary/aromatic N) is 1. The zero-order valence-electron chi connectivity index (χ0n) is 14.1. The van der Waals surface area contributed by atoms with Crippen LogP contribution in [0, 0.1) is 0 Å². The monoisotopic (exact) mass is 327 g/mol. The molecule has 0 saturated carbocycles. The van der Waals surface area contributed by atoms with E-state index in [-0.39, 0.29) is 5.91 Å². The third-order valence-electron chi connectivity index (χ3n) is 4.40. The number of aromatic nitrogens is 1. The number of piperidine rings is 1. The fourth-order valence-corrected chi connectivity index (χ4v) is 3.12. The third kappa shape index (κ3) is 4.68. The zero-order valence-corrected chi connectivity index (χ0v) is 14.1. The number of oxazole rings is 1. The van der Waals surface area contributed by atoms with Gasteiger partial charge in [0.15, 0.2) is 11.7 Å². The fourth-order valence-electron chi connectivity index (χ4n) is 3.12. The van der Waals surface area contributed by atoms with Crippen LogP contribution >= 0.6 is 0 Å². The molecule has 1 saturated heterocycles. The molecule has 1 aromatic heterocycles. The molecular weight excluding hydrogens is 302 g/mol. The highest BCUT2D eigenvalue weighted by atomic mass is 16.4. The Labute approximate surface area is 142 Å². The molecule has 24 heavy (non-hydrogen) atoms. The summed E-state index contributed by atoms with van der Waals surface area (Å²) in [6.07, 6.45) is 5.72. The maximum atomic E-state index is 12.1. The molecule has 0 spiro atoms. The third-order valence-corrected chi connectivity index (χ3v) is 4.40. The summed E-state index contributed by atoms with van der Waals surface area (Å²) in [5.74, 6) is 1.60. The van der Waals surface area contributed by atoms with Crippen molar-refractivity contribution in [3.63, 3.8) is 0 Å². The van der Waals surface area contributed by atoms with Gasteiger partial charge in [0.2, 0.25) is 5.91 Å². The molecule has 2 N–H and O–H groups in total. The smallest absolute Gasteiger partial charge is 0.220 e. The molecule has 0 aliphatic carbocycles. The predicted molar refractivity (Wildman–Crippen MR) is 93.5 cm³/mol. The van der Waals surface area contributed by atoms with Crippen LogP contribution in [0.5, 0.6) is 0 Å². The van der Waals surface area contributed by atoms with Crippen LogP contribution in [0.1, 0.15) is 38.5 Å². The number of carbonyl (C=O) groups excluding carboxylic acids is 1. The van der Waals surface area contributed by atoms with E-state index in [0.29, 0.717) is 30.8 Å². The Morgan fingerprint density at radius 1 is 1.38 bits per heavy atom. The molecule has 0 radical (unpaired) electrons. The van der Waals surface area contributed by atoms with Gasteiger partial charge in [0.1, 0.15) is 0 Å². The highest BCUT2D eigenvalue weighted by Gasteiger charge is 2.19. The van der Waals surface area contributed by atoms with Gasteiger partial charge in [-0.1, -0.05) is 30.3 Å². The quantitative estimate of drug-likeness (QED) is 0.856. The molecule has 2 heterocycles. The highest BCUT2D eigenvalue weighted by Crippen LogP contribution is 2.20. The van der Waals surface area contributed by atoms with Gasteiger partial charge in [-0.15, -0.1) is 0 Å². The largest absolute Gasteiger partial charge is 0.441 e. The van der Waals surface area contributed by atoms with Crippen LogP contribution in [0.3, 0.4) is 0 Å². The van der Waals surface area contributed by atoms with Crippen LogP contribution in [0.4, 0.5) is 0 Å². The molecule has 2 atom stereocenters. The van der Waals surface area contributed by atoms with Crippen LogP contribution in [0.2, 0.25) is 0 Å². The van der Waals surface area contributed by atoms with Crippen molar-refractivity contribution in [1.82, 2.24) is 15.6 Å². The minimum Gasteiger partial charge on any atom is -0.441 e. The van der Waals surface area contributed by atoms with Gasteiger partial charge in [-0.2, -0.15) is 0 Å². The van der Waals surface area contributed by atoms with Crippen molar-refractivity contribution in [2.75, 3.05) is 6.54 Å². The molecule has 1 aromatic carbocycles. The van der Waals surface area contributed by atoms with Gasteiger partial charge in [-0.25, -0.2) is 4.98 Å². The van der Waals surface area contributed by atoms with Crippen molar-refractivity contribution < 1.29 is 9.21 Å². The van der Waals surface area contributed by atoms with E-state index in [0.717, 1.165) is 37.1 Å². The number of benzene rings is 1. The summed E-state index contributed by atoms with van der Waals surface area (Å²) in [5, 5.41) is 6.53. The Bertz CT molecular complexity index is 654. The Morgan fingerprint density at radius 2 is 2.21 bits per heavy atom. The molecule has 1 aliphatic heterocycles. The van der Waals surface area contributed by atoms with E-state index in [4.69, 9.17) is 4.42 Å². The van der Waals surface area contributed by atoms with Crippen LogP contribution in [-0.4, -0.2) is 29.5 Å². The lowest BCUT2D eigenvalue weighted by molar-refractivity contribution is -0.122. The van der Waals surface area contributed by atoms with Crippen molar-refractivity contribution in [2.24, 2.45) is 0 Å². The standard InChI is InChI=1S/C19H25N3O2/c1-14-12-16(10-11-20-14)22-18(23)8-5-9-19-21-13-17(24-19)15-6-3-2-4-7-15/h2-4,6-7,13-14,16,20H,5,8-12H2,1H3,(H,22,23). The number of amides is 1. The van der Waals surface area contributed by atoms with E-state index in [1.54, 1.807) is 6.20 Å². The van der Waals surface area contributed by atoms with Crippen molar-refractivity contribution in [1.29, 1.82) is 0 Å². The Balaban J connectivity index is 1.42. The predicted octanol–water partition coefficient (Wildman–Crippen LogP) is 2.92. The molecule has 1 aliphatic rings. The molecule has 3 rings (SSSR count). The Kier molecular flexibility index (Phi) is 5.64. The molecule has 1 fully saturated rings. The summed E-state index contributed by atoms with van der Waals surface area (Å²) in [6.45, 7) is 3.13. The van der Waals surface area contributed by atoms with Gasteiger partial charge in [0.05, 0.1) is 6.20 Å². The van der Waals surface area contributed by atoms with Gasteiger partial charge in [-0.05, 0) is 32.7 Å². The summed E-state index contributed by atoms with van der Waals surface area (Å²) in [6, 6.07) is 10.7. The van der Waals surface area contributed by atoms with Crippen LogP contribution < -0.4 is 10.6 Å². The van der Waals surface area contributed by atoms with Crippen LogP contribution in [-0.2, 0) is 11.2 Å². The molecule has 5 heteroatoms. The lowest BCUT2D eigenvalue weighted by Crippen LogP contribution is -2.46. The minimum atomic E-state index is 0.129. The first kappa shape index (κ1) is 16.7. The van der Waals surface area contributed by atoms with E-state index in [1.165, 1.54) is 0 Å². The maximum absolute atomic E-state index is 12.1. The second-order valence-electron chi connectivity index (χ2n) is 6.48. The Morgan fingerprint density at radius 3 is 3.00 bits per heavy atom. The normalized spacial score (nSPS) is 20.7. The average molecular weight is 327 g/mol. The second-order valence-corrected chi connectivity index (χ2v) is 6.48. The fraction of sp³-hybridized carbons (Fsp3) is 0.474. The van der Waals surface area contributed by atoms with E-state index in [2.05, 4.69) is 22.5 Å². The highest BCUT2D eigenvalue weighted by molar-refractivity contribution is 5.76. The molecule has 5 nitrogen and oxygen atoms in total. The van der Waals surface area contributed by atoms with E-state index in [9.17, 15) is 4.79 Å². The lowest BCUT2D eigenvalue weighted by Gasteiger charge is -2.28. The molecule has 1 amide bonds. The molecule has 128 valence electrons.